The third-order valence-corrected chi connectivity index (χ3v) is 6.64. The van der Waals surface area contributed by atoms with E-state index >= 15 is 0 Å². The summed E-state index contributed by atoms with van der Waals surface area (Å²) in [5, 5.41) is 3.72. The Labute approximate surface area is 235 Å². The van der Waals surface area contributed by atoms with E-state index in [2.05, 4.69) is 26.1 Å². The molecule has 4 nitrogen and oxygen atoms in total. The predicted molar refractivity (Wildman–Crippen MR) is 142 cm³/mol. The molecule has 0 fully saturated rings. The van der Waals surface area contributed by atoms with Crippen molar-refractivity contribution in [3.8, 4) is 5.75 Å². The Morgan fingerprint density at radius 1 is 0.914 bits per heavy atom. The van der Waals surface area contributed by atoms with Crippen LogP contribution in [0.15, 0.2) is 42.7 Å². The first kappa shape index (κ1) is 31.7. The molecule has 2 rings (SSSR count). The summed E-state index contributed by atoms with van der Waals surface area (Å²) in [5.74, 6) is 0.641. The van der Waals surface area contributed by atoms with Crippen LogP contribution in [-0.4, -0.2) is 12.5 Å². The van der Waals surface area contributed by atoms with Crippen LogP contribution in [0, 0.1) is 0 Å². The van der Waals surface area contributed by atoms with Gasteiger partial charge in [0.05, 0.1) is 23.2 Å². The lowest BCUT2D eigenvalue weighted by Gasteiger charge is -2.19. The van der Waals surface area contributed by atoms with Crippen LogP contribution < -0.4 is 38.6 Å². The number of ether oxygens (including phenoxy) is 1. The lowest BCUT2D eigenvalue weighted by Crippen LogP contribution is -3.00. The molecule has 1 aromatic heterocycles. The van der Waals surface area contributed by atoms with Gasteiger partial charge < -0.3 is 34.0 Å². The van der Waals surface area contributed by atoms with Crippen molar-refractivity contribution >= 4 is 17.5 Å². The van der Waals surface area contributed by atoms with Gasteiger partial charge in [0, 0.05) is 12.1 Å². The van der Waals surface area contributed by atoms with Crippen molar-refractivity contribution in [2.75, 3.05) is 6.61 Å². The number of unbranched alkanes of at least 4 members (excludes halogenated alkanes) is 9. The number of halogens is 2. The van der Waals surface area contributed by atoms with Gasteiger partial charge in [0.1, 0.15) is 12.3 Å². The summed E-state index contributed by atoms with van der Waals surface area (Å²) in [4.78, 5) is 12.7. The molecule has 0 bridgehead atoms. The third-order valence-electron chi connectivity index (χ3n) is 6.35. The van der Waals surface area contributed by atoms with E-state index in [1.165, 1.54) is 57.8 Å². The van der Waals surface area contributed by atoms with Crippen molar-refractivity contribution < 1.29 is 38.1 Å². The van der Waals surface area contributed by atoms with E-state index < -0.39 is 0 Å². The van der Waals surface area contributed by atoms with Crippen LogP contribution in [0.2, 0.25) is 5.02 Å². The monoisotopic (exact) mass is 614 g/mol. The fraction of sp³-hybridized carbons (Fsp3) is 0.586. The second kappa shape index (κ2) is 18.9. The molecule has 1 N–H and O–H groups in total. The molecular formula is C29H44ClIN2O2. The van der Waals surface area contributed by atoms with Gasteiger partial charge in [0.15, 0.2) is 12.4 Å². The molecule has 6 heteroatoms. The standard InChI is InChI=1S/C29H43ClN2O2.HI/c1-4-7-8-9-10-11-12-13-14-15-22-34-28-17-16-25(23-26(28)30)27(5-2)31-29(33)24-18-20-32(6-3)21-19-24;/h16-21,23,27H,4-15,22H2,1-3H3;1H. The topological polar surface area (TPSA) is 42.2 Å². The van der Waals surface area contributed by atoms with Gasteiger partial charge in [0.2, 0.25) is 0 Å². The largest absolute Gasteiger partial charge is 1.00 e. The number of carbonyl (C=O) groups excluding carboxylic acids is 1. The van der Waals surface area contributed by atoms with Gasteiger partial charge in [-0.05, 0) is 37.5 Å². The Morgan fingerprint density at radius 3 is 2.06 bits per heavy atom. The Hall–Kier alpha value is -1.34. The molecule has 1 unspecified atom stereocenters. The summed E-state index contributed by atoms with van der Waals surface area (Å²) >= 11 is 6.51. The van der Waals surface area contributed by atoms with Crippen molar-refractivity contribution in [2.45, 2.75) is 104 Å². The average Bonchev–Trinajstić information content (AvgIpc) is 2.86. The highest BCUT2D eigenvalue weighted by atomic mass is 127. The number of amides is 1. The molecule has 1 heterocycles. The van der Waals surface area contributed by atoms with Gasteiger partial charge in [-0.25, -0.2) is 4.57 Å². The predicted octanol–water partition coefficient (Wildman–Crippen LogP) is 4.83. The molecule has 0 saturated carbocycles. The normalized spacial score (nSPS) is 11.5. The molecular weight excluding hydrogens is 571 g/mol. The molecule has 1 aromatic carbocycles. The summed E-state index contributed by atoms with van der Waals surface area (Å²) in [5.41, 5.74) is 1.65. The highest BCUT2D eigenvalue weighted by Crippen LogP contribution is 2.29. The second-order valence-corrected chi connectivity index (χ2v) is 9.48. The molecule has 196 valence electrons. The van der Waals surface area contributed by atoms with Crippen LogP contribution in [0.25, 0.3) is 0 Å². The number of aromatic nitrogens is 1. The molecule has 0 aliphatic rings. The molecule has 1 amide bonds. The third kappa shape index (κ3) is 12.0. The summed E-state index contributed by atoms with van der Waals surface area (Å²) in [6.07, 6.45) is 17.7. The van der Waals surface area contributed by atoms with Crippen LogP contribution in [0.5, 0.6) is 5.75 Å². The minimum atomic E-state index is -0.0977. The number of nitrogens with one attached hydrogen (secondary N) is 1. The summed E-state index contributed by atoms with van der Waals surface area (Å²) < 4.78 is 7.96. The van der Waals surface area contributed by atoms with E-state index in [1.807, 2.05) is 47.3 Å². The van der Waals surface area contributed by atoms with E-state index in [0.29, 0.717) is 17.2 Å². The molecule has 0 saturated heterocycles. The van der Waals surface area contributed by atoms with E-state index in [9.17, 15) is 4.79 Å². The summed E-state index contributed by atoms with van der Waals surface area (Å²) in [6, 6.07) is 9.45. The van der Waals surface area contributed by atoms with Crippen LogP contribution in [0.3, 0.4) is 0 Å². The minimum absolute atomic E-state index is 0. The quantitative estimate of drug-likeness (QED) is 0.158. The number of carbonyl (C=O) groups is 1. The Morgan fingerprint density at radius 2 is 1.51 bits per heavy atom. The maximum Gasteiger partial charge on any atom is 0.252 e. The maximum atomic E-state index is 12.7. The van der Waals surface area contributed by atoms with Crippen molar-refractivity contribution in [1.82, 2.24) is 5.32 Å². The van der Waals surface area contributed by atoms with Gasteiger partial charge >= 0.3 is 0 Å². The lowest BCUT2D eigenvalue weighted by atomic mass is 10.0. The zero-order chi connectivity index (χ0) is 24.6. The Balaban J connectivity index is 0.00000612. The first-order chi connectivity index (χ1) is 16.6. The lowest BCUT2D eigenvalue weighted by molar-refractivity contribution is -0.693. The number of nitrogens with zero attached hydrogens (tertiary/aromatic N) is 1. The highest BCUT2D eigenvalue weighted by Gasteiger charge is 2.16. The fourth-order valence-corrected chi connectivity index (χ4v) is 4.35. The van der Waals surface area contributed by atoms with Crippen molar-refractivity contribution in [3.63, 3.8) is 0 Å². The number of hydrogen-bond donors (Lipinski definition) is 1. The van der Waals surface area contributed by atoms with E-state index in [1.54, 1.807) is 0 Å². The molecule has 0 radical (unpaired) electrons. The zero-order valence-corrected chi connectivity index (χ0v) is 24.7. The molecule has 35 heavy (non-hydrogen) atoms. The van der Waals surface area contributed by atoms with Crippen LogP contribution in [-0.2, 0) is 6.54 Å². The van der Waals surface area contributed by atoms with Crippen molar-refractivity contribution in [1.29, 1.82) is 0 Å². The van der Waals surface area contributed by atoms with Gasteiger partial charge in [-0.2, -0.15) is 0 Å². The zero-order valence-electron chi connectivity index (χ0n) is 21.8. The molecule has 0 spiro atoms. The van der Waals surface area contributed by atoms with E-state index in [4.69, 9.17) is 16.3 Å². The number of aryl methyl sites for hydroxylation is 1. The number of pyridine rings is 1. The molecule has 0 aliphatic heterocycles. The van der Waals surface area contributed by atoms with Crippen molar-refractivity contribution in [2.24, 2.45) is 0 Å². The molecule has 0 aliphatic carbocycles. The summed E-state index contributed by atoms with van der Waals surface area (Å²) in [7, 11) is 0. The van der Waals surface area contributed by atoms with Crippen LogP contribution >= 0.6 is 11.6 Å². The minimum Gasteiger partial charge on any atom is -1.00 e. The molecule has 1 atom stereocenters. The van der Waals surface area contributed by atoms with E-state index in [-0.39, 0.29) is 35.9 Å². The fourth-order valence-electron chi connectivity index (χ4n) is 4.10. The second-order valence-electron chi connectivity index (χ2n) is 9.07. The maximum absolute atomic E-state index is 12.7. The molecule has 2 aromatic rings. The van der Waals surface area contributed by atoms with E-state index in [0.717, 1.165) is 30.7 Å². The number of rotatable bonds is 17. The van der Waals surface area contributed by atoms with Gasteiger partial charge in [-0.1, -0.05) is 89.3 Å². The number of hydrogen-bond acceptors (Lipinski definition) is 2. The van der Waals surface area contributed by atoms with Gasteiger partial charge in [-0.15, -0.1) is 0 Å². The smallest absolute Gasteiger partial charge is 0.252 e. The van der Waals surface area contributed by atoms with Crippen LogP contribution in [0.4, 0.5) is 0 Å². The highest BCUT2D eigenvalue weighted by molar-refractivity contribution is 6.32. The van der Waals surface area contributed by atoms with Crippen molar-refractivity contribution in [3.05, 3.63) is 58.9 Å². The Bertz CT molecular complexity index is 845. The number of benzene rings is 1. The summed E-state index contributed by atoms with van der Waals surface area (Å²) in [6.45, 7) is 7.96. The van der Waals surface area contributed by atoms with Crippen LogP contribution in [0.1, 0.15) is 113 Å². The first-order valence-electron chi connectivity index (χ1n) is 13.3. The van der Waals surface area contributed by atoms with Gasteiger partial charge in [-0.3, -0.25) is 4.79 Å². The average molecular weight is 615 g/mol. The SMILES string of the molecule is CCCCCCCCCCCCOc1ccc(C(CC)NC(=O)c2cc[n+](CC)cc2)cc1Cl.[I-]. The van der Waals surface area contributed by atoms with Gasteiger partial charge in [0.25, 0.3) is 5.91 Å². The first-order valence-corrected chi connectivity index (χ1v) is 13.7. The Kier molecular flexibility index (Phi) is 17.1.